The number of alkyl halides is 1. The summed E-state index contributed by atoms with van der Waals surface area (Å²) in [5.41, 5.74) is 0. The van der Waals surface area contributed by atoms with Crippen molar-refractivity contribution in [2.45, 2.75) is 50.8 Å². The van der Waals surface area contributed by atoms with Crippen LogP contribution in [0.4, 0.5) is 0 Å². The Bertz CT molecular complexity index is 111. The van der Waals surface area contributed by atoms with Crippen LogP contribution in [0.15, 0.2) is 0 Å². The molecule has 0 aromatic rings. The molecule has 0 spiro atoms. The molecule has 0 aromatic carbocycles. The number of hydrogen-bond donors (Lipinski definition) is 0. The predicted octanol–water partition coefficient (Wildman–Crippen LogP) is 3.99. The van der Waals surface area contributed by atoms with Crippen LogP contribution in [0.3, 0.4) is 0 Å². The lowest BCUT2D eigenvalue weighted by Gasteiger charge is -2.17. The van der Waals surface area contributed by atoms with Crippen LogP contribution >= 0.6 is 15.9 Å². The SMILES string of the molecule is CCC(C)CC1CCCC1Br. The van der Waals surface area contributed by atoms with Crippen molar-refractivity contribution < 1.29 is 0 Å². The fourth-order valence-electron chi connectivity index (χ4n) is 1.94. The second kappa shape index (κ2) is 4.49. The summed E-state index contributed by atoms with van der Waals surface area (Å²) in [6.07, 6.45) is 7.08. The monoisotopic (exact) mass is 218 g/mol. The van der Waals surface area contributed by atoms with Crippen molar-refractivity contribution in [2.24, 2.45) is 11.8 Å². The van der Waals surface area contributed by atoms with E-state index in [-0.39, 0.29) is 0 Å². The van der Waals surface area contributed by atoms with Crippen LogP contribution in [0.25, 0.3) is 0 Å². The van der Waals surface area contributed by atoms with E-state index in [0.29, 0.717) is 0 Å². The Kier molecular flexibility index (Phi) is 3.91. The summed E-state index contributed by atoms with van der Waals surface area (Å²) >= 11 is 3.76. The van der Waals surface area contributed by atoms with E-state index in [4.69, 9.17) is 0 Å². The van der Waals surface area contributed by atoms with E-state index in [2.05, 4.69) is 29.8 Å². The van der Waals surface area contributed by atoms with Crippen molar-refractivity contribution in [3.8, 4) is 0 Å². The third-order valence-corrected chi connectivity index (χ3v) is 4.17. The van der Waals surface area contributed by atoms with Gasteiger partial charge in [-0.05, 0) is 31.1 Å². The molecule has 0 amide bonds. The molecule has 3 unspecified atom stereocenters. The molecule has 1 heteroatoms. The average molecular weight is 219 g/mol. The molecule has 1 aliphatic rings. The van der Waals surface area contributed by atoms with E-state index < -0.39 is 0 Å². The molecule has 1 fully saturated rings. The summed E-state index contributed by atoms with van der Waals surface area (Å²) in [6.45, 7) is 4.67. The van der Waals surface area contributed by atoms with Crippen molar-refractivity contribution in [1.29, 1.82) is 0 Å². The zero-order valence-corrected chi connectivity index (χ0v) is 9.23. The number of rotatable bonds is 3. The Hall–Kier alpha value is 0.480. The highest BCUT2D eigenvalue weighted by Crippen LogP contribution is 2.36. The highest BCUT2D eigenvalue weighted by atomic mass is 79.9. The molecule has 1 saturated carbocycles. The number of hydrogen-bond acceptors (Lipinski definition) is 0. The molecule has 0 N–H and O–H groups in total. The highest BCUT2D eigenvalue weighted by Gasteiger charge is 2.25. The van der Waals surface area contributed by atoms with Crippen LogP contribution in [0.2, 0.25) is 0 Å². The van der Waals surface area contributed by atoms with E-state index in [9.17, 15) is 0 Å². The maximum Gasteiger partial charge on any atom is 0.0174 e. The van der Waals surface area contributed by atoms with Crippen LogP contribution in [0, 0.1) is 11.8 Å². The first kappa shape index (κ1) is 9.57. The Morgan fingerprint density at radius 1 is 1.45 bits per heavy atom. The van der Waals surface area contributed by atoms with E-state index in [1.54, 1.807) is 0 Å². The largest absolute Gasteiger partial charge is 0.0888 e. The molecule has 0 saturated heterocycles. The summed E-state index contributed by atoms with van der Waals surface area (Å²) < 4.78 is 0. The lowest BCUT2D eigenvalue weighted by atomic mass is 9.93. The molecule has 0 bridgehead atoms. The lowest BCUT2D eigenvalue weighted by Crippen LogP contribution is -2.10. The van der Waals surface area contributed by atoms with E-state index in [1.807, 2.05) is 0 Å². The fourth-order valence-corrected chi connectivity index (χ4v) is 2.74. The molecule has 0 nitrogen and oxygen atoms in total. The van der Waals surface area contributed by atoms with Crippen LogP contribution < -0.4 is 0 Å². The molecule has 0 aliphatic heterocycles. The molecular weight excluding hydrogens is 200 g/mol. The third-order valence-electron chi connectivity index (χ3n) is 2.97. The van der Waals surface area contributed by atoms with Gasteiger partial charge in [-0.15, -0.1) is 0 Å². The molecule has 0 heterocycles. The minimum absolute atomic E-state index is 0.830. The standard InChI is InChI=1S/C10H19Br/c1-3-8(2)7-9-5-4-6-10(9)11/h8-10H,3-7H2,1-2H3. The third kappa shape index (κ3) is 2.77. The van der Waals surface area contributed by atoms with Gasteiger partial charge in [0.2, 0.25) is 0 Å². The van der Waals surface area contributed by atoms with Gasteiger partial charge in [0, 0.05) is 4.83 Å². The molecule has 3 atom stereocenters. The molecule has 11 heavy (non-hydrogen) atoms. The van der Waals surface area contributed by atoms with Crippen molar-refractivity contribution in [3.05, 3.63) is 0 Å². The minimum Gasteiger partial charge on any atom is -0.0888 e. The average Bonchev–Trinajstić information content (AvgIpc) is 2.37. The summed E-state index contributed by atoms with van der Waals surface area (Å²) in [6, 6.07) is 0. The van der Waals surface area contributed by atoms with Crippen molar-refractivity contribution >= 4 is 15.9 Å². The predicted molar refractivity (Wildman–Crippen MR) is 54.1 cm³/mol. The minimum atomic E-state index is 0.830. The highest BCUT2D eigenvalue weighted by molar-refractivity contribution is 9.09. The van der Waals surface area contributed by atoms with Gasteiger partial charge in [0.05, 0.1) is 0 Å². The molecule has 1 aliphatic carbocycles. The maximum absolute atomic E-state index is 3.76. The molecular formula is C10H19Br. The quantitative estimate of drug-likeness (QED) is 0.629. The second-order valence-corrected chi connectivity index (χ2v) is 5.13. The van der Waals surface area contributed by atoms with E-state index in [0.717, 1.165) is 16.7 Å². The van der Waals surface area contributed by atoms with Gasteiger partial charge >= 0.3 is 0 Å². The van der Waals surface area contributed by atoms with E-state index in [1.165, 1.54) is 32.1 Å². The smallest absolute Gasteiger partial charge is 0.0174 e. The molecule has 1 rings (SSSR count). The molecule has 0 radical (unpaired) electrons. The maximum atomic E-state index is 3.76. The normalized spacial score (nSPS) is 34.1. The van der Waals surface area contributed by atoms with E-state index >= 15 is 0 Å². The Balaban J connectivity index is 2.24. The Morgan fingerprint density at radius 2 is 2.18 bits per heavy atom. The first-order valence-corrected chi connectivity index (χ1v) is 5.79. The first-order chi connectivity index (χ1) is 5.24. The van der Waals surface area contributed by atoms with Crippen LogP contribution in [0.1, 0.15) is 46.0 Å². The summed E-state index contributed by atoms with van der Waals surface area (Å²) in [5.74, 6) is 1.91. The van der Waals surface area contributed by atoms with Gasteiger partial charge in [0.15, 0.2) is 0 Å². The van der Waals surface area contributed by atoms with Crippen molar-refractivity contribution in [3.63, 3.8) is 0 Å². The summed E-state index contributed by atoms with van der Waals surface area (Å²) in [7, 11) is 0. The lowest BCUT2D eigenvalue weighted by molar-refractivity contribution is 0.397. The topological polar surface area (TPSA) is 0 Å². The zero-order chi connectivity index (χ0) is 8.27. The first-order valence-electron chi connectivity index (χ1n) is 4.88. The van der Waals surface area contributed by atoms with Gasteiger partial charge in [-0.1, -0.05) is 42.6 Å². The fraction of sp³-hybridized carbons (Fsp3) is 1.00. The Labute approximate surface area is 78.9 Å². The summed E-state index contributed by atoms with van der Waals surface area (Å²) in [4.78, 5) is 0.830. The van der Waals surface area contributed by atoms with Gasteiger partial charge in [-0.3, -0.25) is 0 Å². The van der Waals surface area contributed by atoms with Crippen LogP contribution in [0.5, 0.6) is 0 Å². The van der Waals surface area contributed by atoms with Gasteiger partial charge in [0.25, 0.3) is 0 Å². The van der Waals surface area contributed by atoms with Gasteiger partial charge in [0.1, 0.15) is 0 Å². The van der Waals surface area contributed by atoms with Crippen LogP contribution in [-0.2, 0) is 0 Å². The van der Waals surface area contributed by atoms with Crippen molar-refractivity contribution in [1.82, 2.24) is 0 Å². The van der Waals surface area contributed by atoms with Gasteiger partial charge in [-0.25, -0.2) is 0 Å². The Morgan fingerprint density at radius 3 is 2.64 bits per heavy atom. The van der Waals surface area contributed by atoms with Crippen LogP contribution in [-0.4, -0.2) is 4.83 Å². The summed E-state index contributed by atoms with van der Waals surface area (Å²) in [5, 5.41) is 0. The molecule has 0 aromatic heterocycles. The van der Waals surface area contributed by atoms with Crippen molar-refractivity contribution in [2.75, 3.05) is 0 Å². The second-order valence-electron chi connectivity index (χ2n) is 3.96. The van der Waals surface area contributed by atoms with Gasteiger partial charge in [-0.2, -0.15) is 0 Å². The van der Waals surface area contributed by atoms with Gasteiger partial charge < -0.3 is 0 Å². The number of halogens is 1. The molecule has 66 valence electrons. The zero-order valence-electron chi connectivity index (χ0n) is 7.65.